The maximum atomic E-state index is 13.4. The summed E-state index contributed by atoms with van der Waals surface area (Å²) in [6, 6.07) is 13.9. The van der Waals surface area contributed by atoms with Gasteiger partial charge in [0.2, 0.25) is 5.91 Å². The summed E-state index contributed by atoms with van der Waals surface area (Å²) in [6.45, 7) is 2.96. The molecular formula is C26H25N5O5. The Balaban J connectivity index is 1.41. The average Bonchev–Trinajstić information content (AvgIpc) is 3.28. The molecule has 1 saturated heterocycles. The normalized spacial score (nSPS) is 20.3. The second-order valence-corrected chi connectivity index (χ2v) is 8.76. The predicted octanol–water partition coefficient (Wildman–Crippen LogP) is 2.49. The van der Waals surface area contributed by atoms with Crippen LogP contribution in [0, 0.1) is 0 Å². The summed E-state index contributed by atoms with van der Waals surface area (Å²) < 4.78 is 5.18. The Kier molecular flexibility index (Phi) is 5.79. The number of aliphatic imine (C=N–C) groups is 1. The highest BCUT2D eigenvalue weighted by atomic mass is 16.5. The number of urea groups is 1. The predicted molar refractivity (Wildman–Crippen MR) is 131 cm³/mol. The zero-order chi connectivity index (χ0) is 25.4. The Morgan fingerprint density at radius 3 is 2.69 bits per heavy atom. The van der Waals surface area contributed by atoms with Crippen LogP contribution in [0.15, 0.2) is 64.8 Å². The van der Waals surface area contributed by atoms with Crippen molar-refractivity contribution >= 4 is 41.0 Å². The molecule has 1 fully saturated rings. The molecule has 1 aliphatic carbocycles. The molecule has 2 aliphatic heterocycles. The van der Waals surface area contributed by atoms with Crippen molar-refractivity contribution in [1.82, 2.24) is 15.5 Å². The molecule has 1 atom stereocenters. The minimum atomic E-state index is -1.16. The number of hydrogen-bond donors (Lipinski definition) is 3. The molecule has 0 bridgehead atoms. The van der Waals surface area contributed by atoms with Crippen molar-refractivity contribution < 1.29 is 23.9 Å². The third-order valence-electron chi connectivity index (χ3n) is 6.53. The number of fused-ring (bicyclic) bond motifs is 3. The molecule has 184 valence electrons. The lowest BCUT2D eigenvalue weighted by molar-refractivity contribution is -0.138. The molecule has 3 N–H and O–H groups in total. The van der Waals surface area contributed by atoms with Gasteiger partial charge in [0.15, 0.2) is 0 Å². The Hall–Kier alpha value is -4.47. The van der Waals surface area contributed by atoms with Crippen LogP contribution in [0.3, 0.4) is 0 Å². The van der Waals surface area contributed by atoms with E-state index in [2.05, 4.69) is 20.9 Å². The fraction of sp³-hybridized carbons (Fsp3) is 0.269. The monoisotopic (exact) mass is 487 g/mol. The van der Waals surface area contributed by atoms with E-state index in [1.165, 1.54) is 0 Å². The average molecular weight is 488 g/mol. The maximum Gasteiger partial charge on any atom is 0.343 e. The summed E-state index contributed by atoms with van der Waals surface area (Å²) in [4.78, 5) is 57.5. The Morgan fingerprint density at radius 2 is 1.89 bits per heavy atom. The summed E-state index contributed by atoms with van der Waals surface area (Å²) in [5, 5.41) is 8.55. The lowest BCUT2D eigenvalue weighted by atomic mass is 9.92. The lowest BCUT2D eigenvalue weighted by Crippen LogP contribution is -2.45. The van der Waals surface area contributed by atoms with Gasteiger partial charge in [-0.1, -0.05) is 36.4 Å². The van der Waals surface area contributed by atoms with Crippen LogP contribution in [0.5, 0.6) is 0 Å². The van der Waals surface area contributed by atoms with E-state index in [1.807, 2.05) is 30.3 Å². The number of nitrogens with zero attached hydrogens (tertiary/aromatic N) is 2. The summed E-state index contributed by atoms with van der Waals surface area (Å²) in [6.07, 6.45) is 1.08. The smallest absolute Gasteiger partial charge is 0.343 e. The number of hydrogen-bond acceptors (Lipinski definition) is 7. The van der Waals surface area contributed by atoms with Gasteiger partial charge in [-0.15, -0.1) is 0 Å². The van der Waals surface area contributed by atoms with Gasteiger partial charge in [0.1, 0.15) is 23.5 Å². The number of amidine groups is 1. The van der Waals surface area contributed by atoms with Crippen molar-refractivity contribution in [1.29, 1.82) is 0 Å². The van der Waals surface area contributed by atoms with E-state index in [9.17, 15) is 19.2 Å². The highest BCUT2D eigenvalue weighted by molar-refractivity contribution is 6.25. The van der Waals surface area contributed by atoms with E-state index < -0.39 is 35.9 Å². The van der Waals surface area contributed by atoms with Crippen LogP contribution in [-0.4, -0.2) is 47.7 Å². The molecule has 5 rings (SSSR count). The van der Waals surface area contributed by atoms with Gasteiger partial charge in [-0.3, -0.25) is 14.5 Å². The van der Waals surface area contributed by atoms with E-state index >= 15 is 0 Å². The molecule has 0 aromatic heterocycles. The minimum absolute atomic E-state index is 0.0265. The molecule has 4 amide bonds. The first-order valence-electron chi connectivity index (χ1n) is 11.7. The van der Waals surface area contributed by atoms with Crippen LogP contribution < -0.4 is 16.0 Å². The largest absolute Gasteiger partial charge is 0.462 e. The minimum Gasteiger partial charge on any atom is -0.462 e. The first-order valence-corrected chi connectivity index (χ1v) is 11.7. The Bertz CT molecular complexity index is 1360. The third-order valence-corrected chi connectivity index (χ3v) is 6.53. The summed E-state index contributed by atoms with van der Waals surface area (Å²) in [7, 11) is 0. The van der Waals surface area contributed by atoms with Gasteiger partial charge in [-0.05, 0) is 49.9 Å². The Labute approximate surface area is 207 Å². The second kappa shape index (κ2) is 8.95. The number of carbonyl (C=O) groups is 4. The molecule has 1 unspecified atom stereocenters. The molecule has 2 aromatic carbocycles. The molecule has 1 spiro atoms. The van der Waals surface area contributed by atoms with Crippen LogP contribution >= 0.6 is 0 Å². The van der Waals surface area contributed by atoms with E-state index in [-0.39, 0.29) is 18.0 Å². The maximum absolute atomic E-state index is 13.4. The van der Waals surface area contributed by atoms with E-state index in [1.54, 1.807) is 32.0 Å². The summed E-state index contributed by atoms with van der Waals surface area (Å²) in [5.41, 5.74) is 2.23. The topological polar surface area (TPSA) is 129 Å². The first kappa shape index (κ1) is 23.3. The van der Waals surface area contributed by atoms with Crippen LogP contribution in [0.1, 0.15) is 31.4 Å². The molecule has 3 aliphatic rings. The molecular weight excluding hydrogens is 462 g/mol. The number of amides is 4. The van der Waals surface area contributed by atoms with E-state index in [4.69, 9.17) is 4.74 Å². The van der Waals surface area contributed by atoms with Gasteiger partial charge in [-0.25, -0.2) is 14.6 Å². The van der Waals surface area contributed by atoms with Gasteiger partial charge < -0.3 is 20.7 Å². The third kappa shape index (κ3) is 3.80. The number of ether oxygens (including phenoxy) is 1. The molecule has 0 saturated carbocycles. The quantitative estimate of drug-likeness (QED) is 0.449. The zero-order valence-electron chi connectivity index (χ0n) is 19.9. The van der Waals surface area contributed by atoms with Gasteiger partial charge in [0.25, 0.3) is 5.91 Å². The number of carbonyl (C=O) groups excluding carboxylic acids is 4. The van der Waals surface area contributed by atoms with Gasteiger partial charge in [0, 0.05) is 5.70 Å². The molecule has 36 heavy (non-hydrogen) atoms. The number of aryl methyl sites for hydroxylation is 1. The number of benzene rings is 2. The SMILES string of the molecule is CCOC(=O)C1=C(C)Nc2ccccc2N=C1NC(=O)CN1C(=O)NC2(CCc3ccccc32)C1=O. The number of rotatable bonds is 4. The Morgan fingerprint density at radius 1 is 1.14 bits per heavy atom. The van der Waals surface area contributed by atoms with Crippen LogP contribution in [0.2, 0.25) is 0 Å². The van der Waals surface area contributed by atoms with Crippen LogP contribution in [0.4, 0.5) is 16.2 Å². The fourth-order valence-corrected chi connectivity index (χ4v) is 4.89. The number of esters is 1. The highest BCUT2D eigenvalue weighted by Gasteiger charge is 2.55. The lowest BCUT2D eigenvalue weighted by Gasteiger charge is -2.22. The van der Waals surface area contributed by atoms with Crippen molar-refractivity contribution in [2.75, 3.05) is 18.5 Å². The van der Waals surface area contributed by atoms with Gasteiger partial charge in [0.05, 0.1) is 18.0 Å². The van der Waals surface area contributed by atoms with Crippen LogP contribution in [0.25, 0.3) is 0 Å². The van der Waals surface area contributed by atoms with Crippen molar-refractivity contribution in [3.63, 3.8) is 0 Å². The van der Waals surface area contributed by atoms with Crippen molar-refractivity contribution in [3.05, 3.63) is 70.9 Å². The van der Waals surface area contributed by atoms with Crippen LogP contribution in [-0.2, 0) is 31.1 Å². The molecule has 2 aromatic rings. The summed E-state index contributed by atoms with van der Waals surface area (Å²) in [5.74, 6) is -1.83. The zero-order valence-corrected chi connectivity index (χ0v) is 19.9. The highest BCUT2D eigenvalue weighted by Crippen LogP contribution is 2.41. The standard InChI is InChI=1S/C26H25N5O5/c1-3-36-23(33)21-15(2)27-18-10-6-7-11-19(18)28-22(21)29-20(32)14-31-24(34)26(30-25(31)35)13-12-16-8-4-5-9-17(16)26/h4-11,27H,3,12-14H2,1-2H3,(H,30,35)(H,28,29,32). The number of nitrogens with one attached hydrogen (secondary N) is 3. The van der Waals surface area contributed by atoms with E-state index in [0.29, 0.717) is 29.9 Å². The van der Waals surface area contributed by atoms with Gasteiger partial charge >= 0.3 is 12.0 Å². The molecule has 10 heteroatoms. The van der Waals surface area contributed by atoms with Crippen molar-refractivity contribution in [2.45, 2.75) is 32.2 Å². The van der Waals surface area contributed by atoms with Crippen molar-refractivity contribution in [2.24, 2.45) is 4.99 Å². The second-order valence-electron chi connectivity index (χ2n) is 8.76. The first-order chi connectivity index (χ1) is 17.3. The van der Waals surface area contributed by atoms with Gasteiger partial charge in [-0.2, -0.15) is 0 Å². The number of para-hydroxylation sites is 2. The van der Waals surface area contributed by atoms with E-state index in [0.717, 1.165) is 16.0 Å². The number of allylic oxidation sites excluding steroid dienone is 1. The molecule has 10 nitrogen and oxygen atoms in total. The number of imide groups is 1. The molecule has 2 heterocycles. The fourth-order valence-electron chi connectivity index (χ4n) is 4.89. The summed E-state index contributed by atoms with van der Waals surface area (Å²) >= 11 is 0. The van der Waals surface area contributed by atoms with Crippen molar-refractivity contribution in [3.8, 4) is 0 Å². The molecule has 0 radical (unpaired) electrons. The number of anilines is 1.